The van der Waals surface area contributed by atoms with Crippen LogP contribution in [0.4, 0.5) is 0 Å². The molecule has 0 spiro atoms. The Labute approximate surface area is 120 Å². The van der Waals surface area contributed by atoms with Gasteiger partial charge in [0.25, 0.3) is 0 Å². The summed E-state index contributed by atoms with van der Waals surface area (Å²) in [6, 6.07) is 5.76. The number of fused-ring (bicyclic) bond motifs is 1. The SMILES string of the molecule is Cc1nnsc1CNC1Cc2ccc(C(=O)O)cc2C1. The highest BCUT2D eigenvalue weighted by atomic mass is 32.1. The van der Waals surface area contributed by atoms with Gasteiger partial charge in [0, 0.05) is 12.6 Å². The van der Waals surface area contributed by atoms with Crippen LogP contribution in [0.15, 0.2) is 18.2 Å². The molecule has 1 unspecified atom stereocenters. The minimum atomic E-state index is -0.865. The summed E-state index contributed by atoms with van der Waals surface area (Å²) in [6.07, 6.45) is 1.82. The Morgan fingerprint density at radius 1 is 1.45 bits per heavy atom. The van der Waals surface area contributed by atoms with Crippen molar-refractivity contribution in [2.75, 3.05) is 0 Å². The summed E-state index contributed by atoms with van der Waals surface area (Å²) >= 11 is 1.42. The van der Waals surface area contributed by atoms with Gasteiger partial charge >= 0.3 is 5.97 Å². The van der Waals surface area contributed by atoms with E-state index in [0.717, 1.165) is 35.5 Å². The number of nitrogens with one attached hydrogen (secondary N) is 1. The van der Waals surface area contributed by atoms with E-state index in [4.69, 9.17) is 5.11 Å². The second-order valence-electron chi connectivity index (χ2n) is 5.06. The zero-order valence-electron chi connectivity index (χ0n) is 11.1. The summed E-state index contributed by atoms with van der Waals surface area (Å²) < 4.78 is 3.92. The predicted octanol–water partition coefficient (Wildman–Crippen LogP) is 1.80. The van der Waals surface area contributed by atoms with Crippen LogP contribution < -0.4 is 5.32 Å². The van der Waals surface area contributed by atoms with Crippen molar-refractivity contribution in [2.45, 2.75) is 32.4 Å². The van der Waals surface area contributed by atoms with Crippen molar-refractivity contribution in [1.29, 1.82) is 0 Å². The van der Waals surface area contributed by atoms with Crippen molar-refractivity contribution in [1.82, 2.24) is 14.9 Å². The molecular formula is C14H15N3O2S. The highest BCUT2D eigenvalue weighted by Crippen LogP contribution is 2.24. The van der Waals surface area contributed by atoms with Gasteiger partial charge in [0.2, 0.25) is 0 Å². The molecule has 20 heavy (non-hydrogen) atoms. The molecule has 0 aliphatic heterocycles. The van der Waals surface area contributed by atoms with Crippen molar-refractivity contribution in [2.24, 2.45) is 0 Å². The number of rotatable bonds is 4. The van der Waals surface area contributed by atoms with Gasteiger partial charge in [-0.15, -0.1) is 5.10 Å². The van der Waals surface area contributed by atoms with E-state index in [9.17, 15) is 4.79 Å². The van der Waals surface area contributed by atoms with Crippen molar-refractivity contribution < 1.29 is 9.90 Å². The number of aromatic carboxylic acids is 1. The first-order valence-electron chi connectivity index (χ1n) is 6.50. The van der Waals surface area contributed by atoms with Crippen molar-refractivity contribution >= 4 is 17.5 Å². The monoisotopic (exact) mass is 289 g/mol. The zero-order chi connectivity index (χ0) is 14.1. The number of hydrogen-bond acceptors (Lipinski definition) is 5. The van der Waals surface area contributed by atoms with Crippen molar-refractivity contribution in [3.63, 3.8) is 0 Å². The summed E-state index contributed by atoms with van der Waals surface area (Å²) in [5.41, 5.74) is 3.73. The molecule has 6 heteroatoms. The summed E-state index contributed by atoms with van der Waals surface area (Å²) in [5, 5.41) is 16.5. The van der Waals surface area contributed by atoms with E-state index in [2.05, 4.69) is 14.9 Å². The smallest absolute Gasteiger partial charge is 0.335 e. The molecule has 1 aliphatic carbocycles. The van der Waals surface area contributed by atoms with Crippen LogP contribution in [0.3, 0.4) is 0 Å². The van der Waals surface area contributed by atoms with Gasteiger partial charge in [0.15, 0.2) is 0 Å². The van der Waals surface area contributed by atoms with Gasteiger partial charge in [-0.05, 0) is 54.6 Å². The van der Waals surface area contributed by atoms with Gasteiger partial charge in [-0.2, -0.15) is 0 Å². The second-order valence-corrected chi connectivity index (χ2v) is 5.89. The zero-order valence-corrected chi connectivity index (χ0v) is 11.9. The van der Waals surface area contributed by atoms with Gasteiger partial charge in [-0.3, -0.25) is 0 Å². The molecule has 5 nitrogen and oxygen atoms in total. The molecule has 0 amide bonds. The highest BCUT2D eigenvalue weighted by molar-refractivity contribution is 7.05. The Balaban J connectivity index is 1.65. The highest BCUT2D eigenvalue weighted by Gasteiger charge is 2.22. The summed E-state index contributed by atoms with van der Waals surface area (Å²) in [7, 11) is 0. The van der Waals surface area contributed by atoms with E-state index in [1.54, 1.807) is 12.1 Å². The number of nitrogens with zero attached hydrogens (tertiary/aromatic N) is 2. The van der Waals surface area contributed by atoms with Gasteiger partial charge in [0.05, 0.1) is 16.1 Å². The lowest BCUT2D eigenvalue weighted by atomic mass is 10.1. The van der Waals surface area contributed by atoms with Crippen molar-refractivity contribution in [3.8, 4) is 0 Å². The van der Waals surface area contributed by atoms with E-state index in [-0.39, 0.29) is 0 Å². The van der Waals surface area contributed by atoms with Gasteiger partial charge in [-0.1, -0.05) is 10.6 Å². The average molecular weight is 289 g/mol. The fourth-order valence-electron chi connectivity index (χ4n) is 2.55. The topological polar surface area (TPSA) is 75.1 Å². The van der Waals surface area contributed by atoms with E-state index in [1.807, 2.05) is 13.0 Å². The molecule has 0 bridgehead atoms. The largest absolute Gasteiger partial charge is 0.478 e. The lowest BCUT2D eigenvalue weighted by Gasteiger charge is -2.10. The standard InChI is InChI=1S/C14H15N3O2S/c1-8-13(20-17-16-8)7-15-12-5-9-2-3-10(14(18)19)4-11(9)6-12/h2-4,12,15H,5-7H2,1H3,(H,18,19). The summed E-state index contributed by atoms with van der Waals surface area (Å²) in [6.45, 7) is 2.73. The second kappa shape index (κ2) is 5.30. The number of carbonyl (C=O) groups is 1. The van der Waals surface area contributed by atoms with Gasteiger partial charge in [0.1, 0.15) is 0 Å². The van der Waals surface area contributed by atoms with Crippen LogP contribution in [-0.2, 0) is 19.4 Å². The lowest BCUT2D eigenvalue weighted by Crippen LogP contribution is -2.28. The molecule has 2 N–H and O–H groups in total. The van der Waals surface area contributed by atoms with Crippen LogP contribution in [0.5, 0.6) is 0 Å². The number of carboxylic acid groups (broad SMARTS) is 1. The number of carboxylic acids is 1. The maximum Gasteiger partial charge on any atom is 0.335 e. The van der Waals surface area contributed by atoms with Crippen LogP contribution in [-0.4, -0.2) is 26.7 Å². The quantitative estimate of drug-likeness (QED) is 0.897. The fourth-order valence-corrected chi connectivity index (χ4v) is 3.13. The Bertz CT molecular complexity index is 654. The molecule has 2 aromatic rings. The van der Waals surface area contributed by atoms with E-state index >= 15 is 0 Å². The predicted molar refractivity (Wildman–Crippen MR) is 76.1 cm³/mol. The number of aromatic nitrogens is 2. The normalized spacial score (nSPS) is 17.1. The maximum atomic E-state index is 11.0. The van der Waals surface area contributed by atoms with E-state index in [1.165, 1.54) is 17.1 Å². The van der Waals surface area contributed by atoms with E-state index in [0.29, 0.717) is 11.6 Å². The molecule has 0 saturated heterocycles. The molecule has 0 radical (unpaired) electrons. The Morgan fingerprint density at radius 2 is 2.25 bits per heavy atom. The first kappa shape index (κ1) is 13.2. The molecule has 1 heterocycles. The number of aryl methyl sites for hydroxylation is 1. The molecule has 1 aliphatic rings. The van der Waals surface area contributed by atoms with Gasteiger partial charge in [-0.25, -0.2) is 4.79 Å². The van der Waals surface area contributed by atoms with Crippen LogP contribution in [0, 0.1) is 6.92 Å². The third kappa shape index (κ3) is 2.57. The third-order valence-corrected chi connectivity index (χ3v) is 4.51. The molecule has 3 rings (SSSR count). The number of benzene rings is 1. The molecule has 0 saturated carbocycles. The molecule has 1 aromatic heterocycles. The van der Waals surface area contributed by atoms with E-state index < -0.39 is 5.97 Å². The number of hydrogen-bond donors (Lipinski definition) is 2. The fraction of sp³-hybridized carbons (Fsp3) is 0.357. The van der Waals surface area contributed by atoms with Crippen LogP contribution in [0.25, 0.3) is 0 Å². The van der Waals surface area contributed by atoms with Gasteiger partial charge < -0.3 is 10.4 Å². The Hall–Kier alpha value is -1.79. The summed E-state index contributed by atoms with van der Waals surface area (Å²) in [4.78, 5) is 12.1. The Kier molecular flexibility index (Phi) is 3.50. The summed E-state index contributed by atoms with van der Waals surface area (Å²) in [5.74, 6) is -0.865. The first-order chi connectivity index (χ1) is 9.63. The van der Waals surface area contributed by atoms with Crippen LogP contribution in [0.1, 0.15) is 32.1 Å². The minimum Gasteiger partial charge on any atom is -0.478 e. The minimum absolute atomic E-state index is 0.357. The molecule has 1 aromatic carbocycles. The molecular weight excluding hydrogens is 274 g/mol. The van der Waals surface area contributed by atoms with Crippen LogP contribution in [0.2, 0.25) is 0 Å². The average Bonchev–Trinajstić information content (AvgIpc) is 3.00. The molecule has 1 atom stereocenters. The maximum absolute atomic E-state index is 11.0. The molecule has 0 fully saturated rings. The first-order valence-corrected chi connectivity index (χ1v) is 7.27. The lowest BCUT2D eigenvalue weighted by molar-refractivity contribution is 0.0697. The third-order valence-electron chi connectivity index (χ3n) is 3.68. The van der Waals surface area contributed by atoms with Crippen molar-refractivity contribution in [3.05, 3.63) is 45.5 Å². The van der Waals surface area contributed by atoms with Crippen LogP contribution >= 0.6 is 11.5 Å². The Morgan fingerprint density at radius 3 is 2.95 bits per heavy atom. The molecule has 104 valence electrons.